The summed E-state index contributed by atoms with van der Waals surface area (Å²) < 4.78 is 1.95. The first kappa shape index (κ1) is 19.6. The van der Waals surface area contributed by atoms with Crippen molar-refractivity contribution in [1.82, 2.24) is 24.5 Å². The summed E-state index contributed by atoms with van der Waals surface area (Å²) in [6.07, 6.45) is 3.80. The number of hydrogen-bond acceptors (Lipinski definition) is 5. The highest BCUT2D eigenvalue weighted by atomic mass is 16.3. The third kappa shape index (κ3) is 4.30. The summed E-state index contributed by atoms with van der Waals surface area (Å²) in [7, 11) is 2.17. The van der Waals surface area contributed by atoms with Gasteiger partial charge in [0.2, 0.25) is 0 Å². The first-order chi connectivity index (χ1) is 13.5. The van der Waals surface area contributed by atoms with Crippen molar-refractivity contribution in [3.8, 4) is 5.69 Å². The Labute approximate surface area is 168 Å². The molecule has 1 aromatic heterocycles. The minimum atomic E-state index is -0.262. The van der Waals surface area contributed by atoms with Gasteiger partial charge in [-0.25, -0.2) is 4.68 Å². The lowest BCUT2D eigenvalue weighted by Gasteiger charge is -2.37. The molecule has 0 radical (unpaired) electrons. The molecule has 0 amide bonds. The van der Waals surface area contributed by atoms with Crippen molar-refractivity contribution in [2.75, 3.05) is 46.3 Å². The zero-order valence-electron chi connectivity index (χ0n) is 17.3. The number of aliphatic hydroxyl groups excluding tert-OH is 1. The average Bonchev–Trinajstić information content (AvgIpc) is 3.29. The fourth-order valence-corrected chi connectivity index (χ4v) is 4.34. The fourth-order valence-electron chi connectivity index (χ4n) is 4.34. The predicted octanol–water partition coefficient (Wildman–Crippen LogP) is 1.79. The summed E-state index contributed by atoms with van der Waals surface area (Å²) in [6.45, 7) is 11.2. The molecule has 3 heterocycles. The predicted molar refractivity (Wildman–Crippen MR) is 112 cm³/mol. The number of likely N-dealkylation sites (N-methyl/N-ethyl adjacent to an activating group) is 1. The summed E-state index contributed by atoms with van der Waals surface area (Å²) >= 11 is 0. The number of β-amino-alcohol motifs (C(OH)–C–C–N with tert-alkyl or cyclic N) is 1. The molecule has 28 heavy (non-hydrogen) atoms. The quantitative estimate of drug-likeness (QED) is 0.853. The molecule has 2 fully saturated rings. The first-order valence-corrected chi connectivity index (χ1v) is 10.5. The minimum Gasteiger partial charge on any atom is -0.390 e. The molecule has 0 spiro atoms. The van der Waals surface area contributed by atoms with Crippen molar-refractivity contribution >= 4 is 0 Å². The van der Waals surface area contributed by atoms with E-state index in [-0.39, 0.29) is 12.1 Å². The van der Waals surface area contributed by atoms with Crippen LogP contribution < -0.4 is 0 Å². The van der Waals surface area contributed by atoms with Gasteiger partial charge in [-0.3, -0.25) is 9.80 Å². The maximum absolute atomic E-state index is 10.6. The van der Waals surface area contributed by atoms with Crippen LogP contribution in [0.15, 0.2) is 36.7 Å². The molecule has 0 bridgehead atoms. The van der Waals surface area contributed by atoms with Gasteiger partial charge in [-0.15, -0.1) is 0 Å². The number of aliphatic hydroxyl groups is 1. The second kappa shape index (κ2) is 8.33. The van der Waals surface area contributed by atoms with Gasteiger partial charge in [-0.2, -0.15) is 5.10 Å². The van der Waals surface area contributed by atoms with Crippen molar-refractivity contribution in [2.24, 2.45) is 0 Å². The van der Waals surface area contributed by atoms with Crippen molar-refractivity contribution in [1.29, 1.82) is 0 Å². The number of hydrogen-bond donors (Lipinski definition) is 1. The van der Waals surface area contributed by atoms with Crippen molar-refractivity contribution in [2.45, 2.75) is 38.5 Å². The number of aromatic nitrogens is 2. The van der Waals surface area contributed by atoms with Crippen LogP contribution in [0.25, 0.3) is 5.69 Å². The maximum atomic E-state index is 10.6. The fraction of sp³-hybridized carbons (Fsp3) is 0.591. The van der Waals surface area contributed by atoms with E-state index in [9.17, 15) is 5.11 Å². The number of rotatable bonds is 5. The number of nitrogens with zero attached hydrogens (tertiary/aromatic N) is 5. The van der Waals surface area contributed by atoms with Gasteiger partial charge in [-0.05, 0) is 30.7 Å². The van der Waals surface area contributed by atoms with Crippen LogP contribution in [0.3, 0.4) is 0 Å². The van der Waals surface area contributed by atoms with Gasteiger partial charge in [0, 0.05) is 63.6 Å². The van der Waals surface area contributed by atoms with Crippen LogP contribution in [0.5, 0.6) is 0 Å². The van der Waals surface area contributed by atoms with Crippen LogP contribution in [0.1, 0.15) is 30.9 Å². The first-order valence-electron chi connectivity index (χ1n) is 10.5. The van der Waals surface area contributed by atoms with Crippen molar-refractivity contribution in [3.63, 3.8) is 0 Å². The summed E-state index contributed by atoms with van der Waals surface area (Å²) in [5, 5.41) is 15.1. The molecule has 152 valence electrons. The second-order valence-corrected chi connectivity index (χ2v) is 8.71. The molecule has 1 N–H and O–H groups in total. The standard InChI is InChI=1S/C22H33N5O/c1-17(2)19-4-6-20(7-5-19)27-14-18(12-23-27)13-25-15-21(22(28)16-25)26-10-8-24(3)9-11-26/h4-7,12,14,17,21-22,28H,8-11,13,15-16H2,1-3H3/t21-,22-/m1/s1. The highest BCUT2D eigenvalue weighted by molar-refractivity contribution is 5.35. The largest absolute Gasteiger partial charge is 0.390 e. The molecule has 2 aromatic rings. The Balaban J connectivity index is 1.36. The van der Waals surface area contributed by atoms with E-state index < -0.39 is 0 Å². The van der Waals surface area contributed by atoms with E-state index in [1.807, 2.05) is 10.9 Å². The van der Waals surface area contributed by atoms with Gasteiger partial charge in [-0.1, -0.05) is 26.0 Å². The molecule has 2 saturated heterocycles. The second-order valence-electron chi connectivity index (χ2n) is 8.71. The smallest absolute Gasteiger partial charge is 0.0834 e. The maximum Gasteiger partial charge on any atom is 0.0834 e. The van der Waals surface area contributed by atoms with E-state index in [0.29, 0.717) is 5.92 Å². The molecule has 2 aliphatic rings. The normalized spacial score (nSPS) is 25.0. The average molecular weight is 384 g/mol. The lowest BCUT2D eigenvalue weighted by molar-refractivity contribution is 0.0512. The molecule has 6 heteroatoms. The molecular weight excluding hydrogens is 350 g/mol. The van der Waals surface area contributed by atoms with E-state index in [4.69, 9.17) is 0 Å². The minimum absolute atomic E-state index is 0.257. The van der Waals surface area contributed by atoms with Gasteiger partial charge < -0.3 is 10.0 Å². The monoisotopic (exact) mass is 383 g/mol. The Morgan fingerprint density at radius 1 is 1.07 bits per heavy atom. The van der Waals surface area contributed by atoms with Crippen LogP contribution in [0.2, 0.25) is 0 Å². The van der Waals surface area contributed by atoms with Gasteiger partial charge in [0.05, 0.1) is 18.0 Å². The Kier molecular flexibility index (Phi) is 5.83. The molecule has 0 saturated carbocycles. The topological polar surface area (TPSA) is 47.8 Å². The van der Waals surface area contributed by atoms with E-state index in [2.05, 4.69) is 71.2 Å². The van der Waals surface area contributed by atoms with Crippen LogP contribution in [-0.4, -0.2) is 88.0 Å². The Morgan fingerprint density at radius 3 is 2.46 bits per heavy atom. The van der Waals surface area contributed by atoms with Crippen LogP contribution in [0.4, 0.5) is 0 Å². The zero-order chi connectivity index (χ0) is 19.7. The molecule has 2 aliphatic heterocycles. The summed E-state index contributed by atoms with van der Waals surface area (Å²) in [4.78, 5) is 7.18. The molecular formula is C22H33N5O. The van der Waals surface area contributed by atoms with Gasteiger partial charge >= 0.3 is 0 Å². The number of piperazine rings is 1. The Morgan fingerprint density at radius 2 is 1.79 bits per heavy atom. The number of benzene rings is 1. The third-order valence-corrected chi connectivity index (χ3v) is 6.21. The van der Waals surface area contributed by atoms with Crippen molar-refractivity contribution in [3.05, 3.63) is 47.8 Å². The van der Waals surface area contributed by atoms with Crippen LogP contribution in [-0.2, 0) is 6.54 Å². The van der Waals surface area contributed by atoms with E-state index in [1.54, 1.807) is 0 Å². The highest BCUT2D eigenvalue weighted by Crippen LogP contribution is 2.21. The van der Waals surface area contributed by atoms with Gasteiger partial charge in [0.15, 0.2) is 0 Å². The molecule has 6 nitrogen and oxygen atoms in total. The SMILES string of the molecule is CC(C)c1ccc(-n2cc(CN3C[C@@H](O)[C@H](N4CCN(C)CC4)C3)cn2)cc1. The van der Waals surface area contributed by atoms with Gasteiger partial charge in [0.1, 0.15) is 0 Å². The third-order valence-electron chi connectivity index (χ3n) is 6.21. The Bertz CT molecular complexity index is 763. The van der Waals surface area contributed by atoms with E-state index in [1.165, 1.54) is 11.1 Å². The van der Waals surface area contributed by atoms with Crippen molar-refractivity contribution < 1.29 is 5.11 Å². The lowest BCUT2D eigenvalue weighted by atomic mass is 10.0. The van der Waals surface area contributed by atoms with Crippen LogP contribution in [0, 0.1) is 0 Å². The summed E-state index contributed by atoms with van der Waals surface area (Å²) in [6, 6.07) is 8.88. The van der Waals surface area contributed by atoms with E-state index in [0.717, 1.165) is 51.5 Å². The molecule has 2 atom stereocenters. The van der Waals surface area contributed by atoms with Gasteiger partial charge in [0.25, 0.3) is 0 Å². The van der Waals surface area contributed by atoms with Crippen LogP contribution >= 0.6 is 0 Å². The summed E-state index contributed by atoms with van der Waals surface area (Å²) in [5.74, 6) is 0.539. The Hall–Kier alpha value is -1.73. The molecule has 0 aliphatic carbocycles. The summed E-state index contributed by atoms with van der Waals surface area (Å²) in [5.41, 5.74) is 3.63. The molecule has 1 aromatic carbocycles. The highest BCUT2D eigenvalue weighted by Gasteiger charge is 2.36. The number of likely N-dealkylation sites (tertiary alicyclic amines) is 1. The van der Waals surface area contributed by atoms with E-state index >= 15 is 0 Å². The lowest BCUT2D eigenvalue weighted by Crippen LogP contribution is -2.52. The molecule has 0 unspecified atom stereocenters. The zero-order valence-corrected chi connectivity index (χ0v) is 17.3. The molecule has 4 rings (SSSR count).